The largest absolute Gasteiger partial charge is 0.455 e. The molecule has 1 aliphatic rings. The topological polar surface area (TPSA) is 71.3 Å². The number of hydrogen-bond acceptors (Lipinski definition) is 3. The van der Waals surface area contributed by atoms with E-state index in [4.69, 9.17) is 27.6 Å². The Kier molecular flexibility index (Phi) is 6.61. The molecule has 1 aromatic heterocycles. The van der Waals surface area contributed by atoms with Gasteiger partial charge in [-0.15, -0.1) is 0 Å². The molecule has 40 heavy (non-hydrogen) atoms. The molecule has 0 radical (unpaired) electrons. The number of benzene rings is 4. The van der Waals surface area contributed by atoms with Gasteiger partial charge in [-0.25, -0.2) is 4.39 Å². The predicted molar refractivity (Wildman–Crippen MR) is 155 cm³/mol. The number of halogens is 3. The Morgan fingerprint density at radius 3 is 2.27 bits per heavy atom. The van der Waals surface area contributed by atoms with E-state index in [2.05, 4.69) is 10.6 Å². The van der Waals surface area contributed by atoms with Crippen LogP contribution in [-0.4, -0.2) is 18.9 Å². The van der Waals surface area contributed by atoms with Crippen LogP contribution in [0.25, 0.3) is 33.4 Å². The average Bonchev–Trinajstić information content (AvgIpc) is 3.63. The van der Waals surface area contributed by atoms with Crippen LogP contribution in [0, 0.1) is 5.82 Å². The Balaban J connectivity index is 1.38. The highest BCUT2D eigenvalue weighted by Crippen LogP contribution is 2.48. The highest BCUT2D eigenvalue weighted by atomic mass is 35.5. The van der Waals surface area contributed by atoms with Crippen LogP contribution in [0.2, 0.25) is 10.0 Å². The minimum absolute atomic E-state index is 0.232. The van der Waals surface area contributed by atoms with Crippen molar-refractivity contribution in [3.8, 4) is 22.5 Å². The molecule has 4 aromatic carbocycles. The van der Waals surface area contributed by atoms with Gasteiger partial charge in [0, 0.05) is 39.2 Å². The molecule has 0 unspecified atom stereocenters. The van der Waals surface area contributed by atoms with E-state index in [1.165, 1.54) is 19.2 Å². The number of rotatable bonds is 6. The second-order valence-corrected chi connectivity index (χ2v) is 10.6. The van der Waals surface area contributed by atoms with Crippen LogP contribution in [0.15, 0.2) is 89.3 Å². The lowest BCUT2D eigenvalue weighted by atomic mass is 9.98. The SMILES string of the molecule is CNC(=O)c1c(-c2ccc(F)cc2)oc2ccc(-c3cc(C(=O)NC4(c5ccccc5Cl)CC4)ccc3Cl)cc12. The van der Waals surface area contributed by atoms with Gasteiger partial charge in [-0.05, 0) is 84.6 Å². The van der Waals surface area contributed by atoms with E-state index in [0.717, 1.165) is 18.4 Å². The molecule has 1 saturated carbocycles. The monoisotopic (exact) mass is 572 g/mol. The first kappa shape index (κ1) is 26.1. The molecule has 8 heteroatoms. The minimum Gasteiger partial charge on any atom is -0.455 e. The van der Waals surface area contributed by atoms with E-state index >= 15 is 0 Å². The summed E-state index contributed by atoms with van der Waals surface area (Å²) in [7, 11) is 1.54. The number of hydrogen-bond donors (Lipinski definition) is 2. The summed E-state index contributed by atoms with van der Waals surface area (Å²) in [6.07, 6.45) is 1.61. The second-order valence-electron chi connectivity index (χ2n) is 9.81. The summed E-state index contributed by atoms with van der Waals surface area (Å²) in [6, 6.07) is 23.8. The first-order valence-corrected chi connectivity index (χ1v) is 13.5. The van der Waals surface area contributed by atoms with Crippen LogP contribution >= 0.6 is 23.2 Å². The number of carbonyl (C=O) groups is 2. The summed E-state index contributed by atoms with van der Waals surface area (Å²) in [4.78, 5) is 26.3. The molecular weight excluding hydrogens is 550 g/mol. The lowest BCUT2D eigenvalue weighted by molar-refractivity contribution is 0.0929. The normalized spacial score (nSPS) is 13.7. The van der Waals surface area contributed by atoms with Gasteiger partial charge in [0.1, 0.15) is 17.2 Å². The summed E-state index contributed by atoms with van der Waals surface area (Å²) in [5.74, 6) is -0.630. The van der Waals surface area contributed by atoms with E-state index in [0.29, 0.717) is 54.6 Å². The number of carbonyl (C=O) groups excluding carboxylic acids is 2. The predicted octanol–water partition coefficient (Wildman–Crippen LogP) is 7.99. The molecule has 1 aliphatic carbocycles. The van der Waals surface area contributed by atoms with Crippen molar-refractivity contribution in [2.75, 3.05) is 7.05 Å². The highest BCUT2D eigenvalue weighted by Gasteiger charge is 2.47. The van der Waals surface area contributed by atoms with Crippen molar-refractivity contribution in [2.24, 2.45) is 0 Å². The van der Waals surface area contributed by atoms with Crippen molar-refractivity contribution in [3.05, 3.63) is 117 Å². The van der Waals surface area contributed by atoms with Gasteiger partial charge < -0.3 is 15.1 Å². The molecule has 0 bridgehead atoms. The standard InChI is InChI=1S/C32H23Cl2FN2O3/c1-36-31(39)28-23-16-19(9-13-27(23)40-29(28)18-6-10-21(35)11-7-18)22-17-20(8-12-25(22)33)30(38)37-32(14-15-32)24-4-2-3-5-26(24)34/h2-13,16-17H,14-15H2,1H3,(H,36,39)(H,37,38). The molecule has 0 spiro atoms. The molecule has 2 N–H and O–H groups in total. The van der Waals surface area contributed by atoms with E-state index in [1.807, 2.05) is 36.4 Å². The van der Waals surface area contributed by atoms with E-state index < -0.39 is 5.54 Å². The number of nitrogens with one attached hydrogen (secondary N) is 2. The minimum atomic E-state index is -0.482. The summed E-state index contributed by atoms with van der Waals surface area (Å²) in [6.45, 7) is 0. The van der Waals surface area contributed by atoms with Gasteiger partial charge in [0.25, 0.3) is 11.8 Å². The van der Waals surface area contributed by atoms with Gasteiger partial charge >= 0.3 is 0 Å². The Morgan fingerprint density at radius 1 is 0.850 bits per heavy atom. The molecule has 1 fully saturated rings. The third kappa shape index (κ3) is 4.63. The number of furan rings is 1. The average molecular weight is 573 g/mol. The zero-order valence-electron chi connectivity index (χ0n) is 21.4. The Labute approximate surface area is 239 Å². The van der Waals surface area contributed by atoms with E-state index in [1.54, 1.807) is 36.4 Å². The van der Waals surface area contributed by atoms with Crippen molar-refractivity contribution in [2.45, 2.75) is 18.4 Å². The first-order chi connectivity index (χ1) is 19.3. The molecule has 0 aliphatic heterocycles. The zero-order chi connectivity index (χ0) is 28.0. The molecule has 200 valence electrons. The van der Waals surface area contributed by atoms with Crippen LogP contribution in [0.5, 0.6) is 0 Å². The summed E-state index contributed by atoms with van der Waals surface area (Å²) < 4.78 is 19.6. The first-order valence-electron chi connectivity index (χ1n) is 12.7. The molecule has 0 atom stereocenters. The second kappa shape index (κ2) is 10.1. The van der Waals surface area contributed by atoms with Crippen LogP contribution in [0.3, 0.4) is 0 Å². The van der Waals surface area contributed by atoms with Gasteiger partial charge in [0.15, 0.2) is 0 Å². The van der Waals surface area contributed by atoms with Crippen molar-refractivity contribution < 1.29 is 18.4 Å². The number of fused-ring (bicyclic) bond motifs is 1. The van der Waals surface area contributed by atoms with Crippen molar-refractivity contribution in [1.29, 1.82) is 0 Å². The van der Waals surface area contributed by atoms with E-state index in [9.17, 15) is 14.0 Å². The molecular formula is C32H23Cl2FN2O3. The van der Waals surface area contributed by atoms with Crippen LogP contribution in [0.4, 0.5) is 4.39 Å². The fourth-order valence-electron chi connectivity index (χ4n) is 5.03. The van der Waals surface area contributed by atoms with Crippen molar-refractivity contribution in [3.63, 3.8) is 0 Å². The molecule has 0 saturated heterocycles. The van der Waals surface area contributed by atoms with Crippen molar-refractivity contribution in [1.82, 2.24) is 10.6 Å². The van der Waals surface area contributed by atoms with Crippen LogP contribution in [-0.2, 0) is 5.54 Å². The number of amides is 2. The Morgan fingerprint density at radius 2 is 1.57 bits per heavy atom. The maximum Gasteiger partial charge on any atom is 0.255 e. The molecule has 5 nitrogen and oxygen atoms in total. The fourth-order valence-corrected chi connectivity index (χ4v) is 5.58. The van der Waals surface area contributed by atoms with Gasteiger partial charge in [-0.3, -0.25) is 9.59 Å². The lowest BCUT2D eigenvalue weighted by Crippen LogP contribution is -2.35. The highest BCUT2D eigenvalue weighted by molar-refractivity contribution is 6.33. The van der Waals surface area contributed by atoms with Gasteiger partial charge in [0.2, 0.25) is 0 Å². The molecule has 1 heterocycles. The molecule has 2 amide bonds. The summed E-state index contributed by atoms with van der Waals surface area (Å²) in [5.41, 5.74) is 3.59. The van der Waals surface area contributed by atoms with E-state index in [-0.39, 0.29) is 17.6 Å². The summed E-state index contributed by atoms with van der Waals surface area (Å²) >= 11 is 13.0. The Hall–Kier alpha value is -4.13. The smallest absolute Gasteiger partial charge is 0.255 e. The van der Waals surface area contributed by atoms with Gasteiger partial charge in [0.05, 0.1) is 11.1 Å². The maximum atomic E-state index is 13.5. The summed E-state index contributed by atoms with van der Waals surface area (Å²) in [5, 5.41) is 7.46. The van der Waals surface area contributed by atoms with Gasteiger partial charge in [-0.2, -0.15) is 0 Å². The third-order valence-electron chi connectivity index (χ3n) is 7.28. The third-order valence-corrected chi connectivity index (χ3v) is 7.94. The Bertz CT molecular complexity index is 1790. The molecule has 6 rings (SSSR count). The zero-order valence-corrected chi connectivity index (χ0v) is 22.9. The quantitative estimate of drug-likeness (QED) is 0.216. The van der Waals surface area contributed by atoms with Gasteiger partial charge in [-0.1, -0.05) is 47.5 Å². The van der Waals surface area contributed by atoms with Crippen molar-refractivity contribution >= 4 is 46.0 Å². The fraction of sp³-hybridized carbons (Fsp3) is 0.125. The van der Waals surface area contributed by atoms with Crippen LogP contribution in [0.1, 0.15) is 39.1 Å². The lowest BCUT2D eigenvalue weighted by Gasteiger charge is -2.19. The maximum absolute atomic E-state index is 13.5. The van der Waals surface area contributed by atoms with Crippen LogP contribution < -0.4 is 10.6 Å². The molecule has 5 aromatic rings.